The quantitative estimate of drug-likeness (QED) is 0.362. The molecule has 0 aromatic carbocycles. The van der Waals surface area contributed by atoms with E-state index in [0.29, 0.717) is 6.42 Å². The Labute approximate surface area is 130 Å². The van der Waals surface area contributed by atoms with Crippen LogP contribution in [0.3, 0.4) is 0 Å². The van der Waals surface area contributed by atoms with E-state index >= 15 is 0 Å². The molecule has 1 N–H and O–H groups in total. The Bertz CT molecular complexity index is 316. The molecule has 0 aliphatic rings. The minimum absolute atomic E-state index is 0.0152. The summed E-state index contributed by atoms with van der Waals surface area (Å²) < 4.78 is 39.5. The van der Waals surface area contributed by atoms with Gasteiger partial charge in [-0.15, -0.1) is 0 Å². The van der Waals surface area contributed by atoms with E-state index < -0.39 is 10.4 Å². The standard InChI is InChI=1S/C15H32O5S/c1-3-5-6-7-8-9-11-15(19-13-4-2)12-10-14-20-21(16,17)18/h15H,3-14H2,1-2H3,(H,16,17,18). The van der Waals surface area contributed by atoms with Crippen molar-refractivity contribution < 1.29 is 21.9 Å². The van der Waals surface area contributed by atoms with E-state index in [1.807, 2.05) is 0 Å². The zero-order valence-corrected chi connectivity index (χ0v) is 14.4. The maximum atomic E-state index is 10.4. The van der Waals surface area contributed by atoms with Crippen molar-refractivity contribution in [3.8, 4) is 0 Å². The maximum absolute atomic E-state index is 10.4. The van der Waals surface area contributed by atoms with Gasteiger partial charge < -0.3 is 4.74 Å². The molecule has 1 atom stereocenters. The van der Waals surface area contributed by atoms with Gasteiger partial charge in [0.2, 0.25) is 0 Å². The second kappa shape index (κ2) is 13.5. The van der Waals surface area contributed by atoms with Crippen molar-refractivity contribution in [2.45, 2.75) is 84.2 Å². The van der Waals surface area contributed by atoms with E-state index in [4.69, 9.17) is 9.29 Å². The van der Waals surface area contributed by atoms with Crippen LogP contribution in [0, 0.1) is 0 Å². The summed E-state index contributed by atoms with van der Waals surface area (Å²) in [6.45, 7) is 5.04. The molecule has 0 aromatic heterocycles. The summed E-state index contributed by atoms with van der Waals surface area (Å²) in [6.07, 6.45) is 11.0. The monoisotopic (exact) mass is 324 g/mol. The van der Waals surface area contributed by atoms with Gasteiger partial charge in [0.05, 0.1) is 12.7 Å². The fourth-order valence-corrected chi connectivity index (χ4v) is 2.55. The minimum Gasteiger partial charge on any atom is -0.378 e. The molecule has 0 saturated carbocycles. The average Bonchev–Trinajstić information content (AvgIpc) is 2.42. The molecule has 0 radical (unpaired) electrons. The van der Waals surface area contributed by atoms with Gasteiger partial charge in [0.25, 0.3) is 0 Å². The molecule has 0 aliphatic carbocycles. The van der Waals surface area contributed by atoms with Crippen LogP contribution in [0.1, 0.15) is 78.1 Å². The SMILES string of the molecule is CCCCCCCCC(CCCOS(=O)(=O)O)OCCC. The molecule has 0 fully saturated rings. The highest BCUT2D eigenvalue weighted by Gasteiger charge is 2.10. The highest BCUT2D eigenvalue weighted by Crippen LogP contribution is 2.14. The molecule has 0 heterocycles. The summed E-state index contributed by atoms with van der Waals surface area (Å²) in [5.41, 5.74) is 0. The summed E-state index contributed by atoms with van der Waals surface area (Å²) in [5.74, 6) is 0. The normalized spacial score (nSPS) is 13.5. The van der Waals surface area contributed by atoms with Crippen LogP contribution in [0.5, 0.6) is 0 Å². The molecular weight excluding hydrogens is 292 g/mol. The zero-order valence-electron chi connectivity index (χ0n) is 13.6. The van der Waals surface area contributed by atoms with Gasteiger partial charge in [-0.1, -0.05) is 52.4 Å². The van der Waals surface area contributed by atoms with Crippen LogP contribution < -0.4 is 0 Å². The van der Waals surface area contributed by atoms with E-state index in [9.17, 15) is 8.42 Å². The van der Waals surface area contributed by atoms with E-state index in [1.165, 1.54) is 32.1 Å². The van der Waals surface area contributed by atoms with Crippen LogP contribution in [0.2, 0.25) is 0 Å². The van der Waals surface area contributed by atoms with E-state index in [-0.39, 0.29) is 12.7 Å². The van der Waals surface area contributed by atoms with Crippen molar-refractivity contribution in [3.63, 3.8) is 0 Å². The summed E-state index contributed by atoms with van der Waals surface area (Å²) in [5, 5.41) is 0. The van der Waals surface area contributed by atoms with Crippen LogP contribution >= 0.6 is 0 Å². The molecule has 0 aromatic rings. The lowest BCUT2D eigenvalue weighted by Crippen LogP contribution is -2.15. The van der Waals surface area contributed by atoms with Crippen molar-refractivity contribution in [2.75, 3.05) is 13.2 Å². The Morgan fingerprint density at radius 2 is 1.48 bits per heavy atom. The fraction of sp³-hybridized carbons (Fsp3) is 1.00. The lowest BCUT2D eigenvalue weighted by Gasteiger charge is -2.17. The molecule has 6 heteroatoms. The molecule has 0 saturated heterocycles. The second-order valence-corrected chi connectivity index (χ2v) is 6.53. The smallest absolute Gasteiger partial charge is 0.378 e. The molecule has 0 bridgehead atoms. The zero-order chi connectivity index (χ0) is 16.0. The summed E-state index contributed by atoms with van der Waals surface area (Å²) in [4.78, 5) is 0. The summed E-state index contributed by atoms with van der Waals surface area (Å²) >= 11 is 0. The minimum atomic E-state index is -4.31. The molecule has 128 valence electrons. The predicted molar refractivity (Wildman–Crippen MR) is 84.8 cm³/mol. The highest BCUT2D eigenvalue weighted by atomic mass is 32.3. The molecule has 0 spiro atoms. The highest BCUT2D eigenvalue weighted by molar-refractivity contribution is 7.80. The van der Waals surface area contributed by atoms with Crippen molar-refractivity contribution in [3.05, 3.63) is 0 Å². The lowest BCUT2D eigenvalue weighted by molar-refractivity contribution is 0.0363. The third-order valence-electron chi connectivity index (χ3n) is 3.34. The van der Waals surface area contributed by atoms with E-state index in [1.54, 1.807) is 0 Å². The predicted octanol–water partition coefficient (Wildman–Crippen LogP) is 4.13. The Balaban J connectivity index is 3.76. The molecule has 0 rings (SSSR count). The second-order valence-electron chi connectivity index (χ2n) is 5.44. The third-order valence-corrected chi connectivity index (χ3v) is 3.80. The van der Waals surface area contributed by atoms with Gasteiger partial charge in [0, 0.05) is 6.61 Å². The van der Waals surface area contributed by atoms with Crippen molar-refractivity contribution in [2.24, 2.45) is 0 Å². The van der Waals surface area contributed by atoms with E-state index in [0.717, 1.165) is 32.3 Å². The Morgan fingerprint density at radius 1 is 0.857 bits per heavy atom. The number of hydrogen-bond donors (Lipinski definition) is 1. The van der Waals surface area contributed by atoms with Crippen LogP contribution in [-0.2, 0) is 19.3 Å². The first-order valence-electron chi connectivity index (χ1n) is 8.23. The van der Waals surface area contributed by atoms with Gasteiger partial charge >= 0.3 is 10.4 Å². The molecule has 21 heavy (non-hydrogen) atoms. The first-order valence-corrected chi connectivity index (χ1v) is 9.59. The number of unbranched alkanes of at least 4 members (excludes halogenated alkanes) is 5. The van der Waals surface area contributed by atoms with Crippen molar-refractivity contribution >= 4 is 10.4 Å². The molecule has 1 unspecified atom stereocenters. The van der Waals surface area contributed by atoms with Gasteiger partial charge in [0.1, 0.15) is 0 Å². The van der Waals surface area contributed by atoms with Crippen LogP contribution in [-0.4, -0.2) is 32.3 Å². The molecular formula is C15H32O5S. The van der Waals surface area contributed by atoms with E-state index in [2.05, 4.69) is 18.0 Å². The van der Waals surface area contributed by atoms with Crippen molar-refractivity contribution in [1.82, 2.24) is 0 Å². The van der Waals surface area contributed by atoms with Gasteiger partial charge in [-0.2, -0.15) is 8.42 Å². The summed E-state index contributed by atoms with van der Waals surface area (Å²) in [7, 11) is -4.31. The first kappa shape index (κ1) is 20.8. The van der Waals surface area contributed by atoms with Gasteiger partial charge in [-0.25, -0.2) is 4.18 Å². The van der Waals surface area contributed by atoms with Gasteiger partial charge in [-0.05, 0) is 25.7 Å². The van der Waals surface area contributed by atoms with Crippen molar-refractivity contribution in [1.29, 1.82) is 0 Å². The van der Waals surface area contributed by atoms with Gasteiger partial charge in [0.15, 0.2) is 0 Å². The maximum Gasteiger partial charge on any atom is 0.397 e. The first-order chi connectivity index (χ1) is 9.99. The third kappa shape index (κ3) is 16.0. The molecule has 5 nitrogen and oxygen atoms in total. The largest absolute Gasteiger partial charge is 0.397 e. The molecule has 0 aliphatic heterocycles. The average molecular weight is 324 g/mol. The topological polar surface area (TPSA) is 72.8 Å². The molecule has 0 amide bonds. The Kier molecular flexibility index (Phi) is 13.4. The van der Waals surface area contributed by atoms with Crippen LogP contribution in [0.15, 0.2) is 0 Å². The van der Waals surface area contributed by atoms with Crippen LogP contribution in [0.25, 0.3) is 0 Å². The van der Waals surface area contributed by atoms with Gasteiger partial charge in [-0.3, -0.25) is 4.55 Å². The fourth-order valence-electron chi connectivity index (χ4n) is 2.22. The Morgan fingerprint density at radius 3 is 2.10 bits per heavy atom. The summed E-state index contributed by atoms with van der Waals surface area (Å²) in [6, 6.07) is 0. The number of rotatable bonds is 15. The number of ether oxygens (including phenoxy) is 1. The number of hydrogen-bond acceptors (Lipinski definition) is 4. The van der Waals surface area contributed by atoms with Crippen LogP contribution in [0.4, 0.5) is 0 Å². The lowest BCUT2D eigenvalue weighted by atomic mass is 10.0. The Hall–Kier alpha value is -0.170.